The minimum atomic E-state index is 0.601. The number of fused-ring (bicyclic) bond motifs is 1. The molecule has 4 nitrogen and oxygen atoms in total. The van der Waals surface area contributed by atoms with Gasteiger partial charge in [-0.3, -0.25) is 0 Å². The summed E-state index contributed by atoms with van der Waals surface area (Å²) in [5, 5.41) is 4.32. The highest BCUT2D eigenvalue weighted by Crippen LogP contribution is 2.21. The molecule has 4 heteroatoms. The lowest BCUT2D eigenvalue weighted by atomic mass is 10.1. The predicted molar refractivity (Wildman–Crippen MR) is 66.0 cm³/mol. The molecule has 1 aromatic heterocycles. The Balaban J connectivity index is 1.79. The van der Waals surface area contributed by atoms with Gasteiger partial charge in [-0.1, -0.05) is 12.1 Å². The molecule has 1 atom stereocenters. The van der Waals surface area contributed by atoms with Gasteiger partial charge in [0.1, 0.15) is 6.33 Å². The fourth-order valence-corrected chi connectivity index (χ4v) is 2.15. The summed E-state index contributed by atoms with van der Waals surface area (Å²) in [5.74, 6) is 1.30. The summed E-state index contributed by atoms with van der Waals surface area (Å²) in [6.45, 7) is 2.87. The Bertz CT molecular complexity index is 503. The van der Waals surface area contributed by atoms with E-state index in [2.05, 4.69) is 15.3 Å². The summed E-state index contributed by atoms with van der Waals surface area (Å²) >= 11 is 0. The molecule has 3 rings (SSSR count). The molecular weight excluding hydrogens is 214 g/mol. The highest BCUT2D eigenvalue weighted by atomic mass is 16.5. The van der Waals surface area contributed by atoms with Crippen molar-refractivity contribution >= 4 is 10.9 Å². The lowest BCUT2D eigenvalue weighted by Crippen LogP contribution is -2.16. The smallest absolute Gasteiger partial charge is 0.224 e. The molecule has 2 heterocycles. The Hall–Kier alpha value is -1.68. The summed E-state index contributed by atoms with van der Waals surface area (Å²) in [4.78, 5) is 8.43. The lowest BCUT2D eigenvalue weighted by Gasteiger charge is -2.11. The third kappa shape index (κ3) is 2.22. The molecule has 1 fully saturated rings. The van der Waals surface area contributed by atoms with E-state index in [0.29, 0.717) is 11.8 Å². The highest BCUT2D eigenvalue weighted by Gasteiger charge is 2.15. The molecular formula is C13H15N3O. The maximum absolute atomic E-state index is 5.81. The quantitative estimate of drug-likeness (QED) is 0.868. The van der Waals surface area contributed by atoms with Crippen LogP contribution in [0.2, 0.25) is 0 Å². The SMILES string of the molecule is c1ccc2c(OCC3CCNC3)ncnc2c1. The van der Waals surface area contributed by atoms with Gasteiger partial charge in [0.25, 0.3) is 0 Å². The van der Waals surface area contributed by atoms with Crippen molar-refractivity contribution in [2.24, 2.45) is 5.92 Å². The van der Waals surface area contributed by atoms with Crippen LogP contribution in [0.1, 0.15) is 6.42 Å². The number of nitrogens with one attached hydrogen (secondary N) is 1. The second kappa shape index (κ2) is 4.67. The van der Waals surface area contributed by atoms with E-state index in [1.54, 1.807) is 6.33 Å². The average molecular weight is 229 g/mol. The maximum atomic E-state index is 5.81. The van der Waals surface area contributed by atoms with Gasteiger partial charge in [0.05, 0.1) is 17.5 Å². The van der Waals surface area contributed by atoms with Crippen LogP contribution in [0.25, 0.3) is 10.9 Å². The summed E-state index contributed by atoms with van der Waals surface area (Å²) in [7, 11) is 0. The molecule has 1 aliphatic heterocycles. The normalized spacial score (nSPS) is 19.6. The molecule has 1 saturated heterocycles. The van der Waals surface area contributed by atoms with E-state index in [-0.39, 0.29) is 0 Å². The zero-order valence-electron chi connectivity index (χ0n) is 9.60. The van der Waals surface area contributed by atoms with Crippen LogP contribution in [-0.4, -0.2) is 29.7 Å². The lowest BCUT2D eigenvalue weighted by molar-refractivity contribution is 0.254. The number of nitrogens with zero attached hydrogens (tertiary/aromatic N) is 2. The van der Waals surface area contributed by atoms with Crippen LogP contribution in [0, 0.1) is 5.92 Å². The van der Waals surface area contributed by atoms with Crippen LogP contribution < -0.4 is 10.1 Å². The van der Waals surface area contributed by atoms with Crippen LogP contribution in [0.4, 0.5) is 0 Å². The third-order valence-electron chi connectivity index (χ3n) is 3.12. The Kier molecular flexibility index (Phi) is 2.88. The van der Waals surface area contributed by atoms with Crippen molar-refractivity contribution in [3.05, 3.63) is 30.6 Å². The molecule has 2 aromatic rings. The van der Waals surface area contributed by atoms with Crippen LogP contribution in [0.3, 0.4) is 0 Å². The van der Waals surface area contributed by atoms with Crippen LogP contribution >= 0.6 is 0 Å². The van der Waals surface area contributed by atoms with Crippen molar-refractivity contribution in [1.82, 2.24) is 15.3 Å². The molecule has 0 amide bonds. The predicted octanol–water partition coefficient (Wildman–Crippen LogP) is 1.62. The summed E-state index contributed by atoms with van der Waals surface area (Å²) in [6.07, 6.45) is 2.74. The van der Waals surface area contributed by atoms with E-state index in [9.17, 15) is 0 Å². The van der Waals surface area contributed by atoms with Gasteiger partial charge < -0.3 is 10.1 Å². The number of hydrogen-bond donors (Lipinski definition) is 1. The van der Waals surface area contributed by atoms with Gasteiger partial charge in [-0.15, -0.1) is 0 Å². The van der Waals surface area contributed by atoms with Gasteiger partial charge in [-0.2, -0.15) is 0 Å². The number of hydrogen-bond acceptors (Lipinski definition) is 4. The van der Waals surface area contributed by atoms with E-state index in [1.165, 1.54) is 6.42 Å². The molecule has 1 aliphatic rings. The fraction of sp³-hybridized carbons (Fsp3) is 0.385. The monoisotopic (exact) mass is 229 g/mol. The van der Waals surface area contributed by atoms with Crippen LogP contribution in [-0.2, 0) is 0 Å². The first-order valence-electron chi connectivity index (χ1n) is 5.97. The molecule has 88 valence electrons. The summed E-state index contributed by atoms with van der Waals surface area (Å²) < 4.78 is 5.81. The average Bonchev–Trinajstić information content (AvgIpc) is 2.89. The molecule has 1 N–H and O–H groups in total. The van der Waals surface area contributed by atoms with Gasteiger partial charge in [0.2, 0.25) is 5.88 Å². The number of benzene rings is 1. The van der Waals surface area contributed by atoms with Gasteiger partial charge >= 0.3 is 0 Å². The van der Waals surface area contributed by atoms with Crippen molar-refractivity contribution in [3.8, 4) is 5.88 Å². The van der Waals surface area contributed by atoms with Crippen molar-refractivity contribution in [2.45, 2.75) is 6.42 Å². The van der Waals surface area contributed by atoms with Crippen LogP contribution in [0.5, 0.6) is 5.88 Å². The summed E-state index contributed by atoms with van der Waals surface area (Å²) in [6, 6.07) is 7.92. The maximum Gasteiger partial charge on any atom is 0.224 e. The topological polar surface area (TPSA) is 47.0 Å². The number of aromatic nitrogens is 2. The van der Waals surface area contributed by atoms with Crippen molar-refractivity contribution in [3.63, 3.8) is 0 Å². The molecule has 0 saturated carbocycles. The summed E-state index contributed by atoms with van der Waals surface area (Å²) in [5.41, 5.74) is 0.932. The number of para-hydroxylation sites is 1. The minimum Gasteiger partial charge on any atom is -0.477 e. The van der Waals surface area contributed by atoms with Gasteiger partial charge in [0, 0.05) is 12.5 Å². The highest BCUT2D eigenvalue weighted by molar-refractivity contribution is 5.82. The van der Waals surface area contributed by atoms with E-state index in [0.717, 1.165) is 30.6 Å². The largest absolute Gasteiger partial charge is 0.477 e. The standard InChI is InChI=1S/C13H15N3O/c1-2-4-12-11(3-1)13(16-9-15-12)17-8-10-5-6-14-7-10/h1-4,9-10,14H,5-8H2. The van der Waals surface area contributed by atoms with E-state index in [1.807, 2.05) is 24.3 Å². The van der Waals surface area contributed by atoms with Crippen molar-refractivity contribution in [2.75, 3.05) is 19.7 Å². The molecule has 0 radical (unpaired) electrons. The van der Waals surface area contributed by atoms with Crippen LogP contribution in [0.15, 0.2) is 30.6 Å². The Morgan fingerprint density at radius 1 is 1.29 bits per heavy atom. The first kappa shape index (κ1) is 10.5. The number of ether oxygens (including phenoxy) is 1. The van der Waals surface area contributed by atoms with Crippen molar-refractivity contribution < 1.29 is 4.74 Å². The van der Waals surface area contributed by atoms with E-state index >= 15 is 0 Å². The number of rotatable bonds is 3. The van der Waals surface area contributed by atoms with E-state index in [4.69, 9.17) is 4.74 Å². The zero-order valence-corrected chi connectivity index (χ0v) is 9.60. The van der Waals surface area contributed by atoms with E-state index < -0.39 is 0 Å². The third-order valence-corrected chi connectivity index (χ3v) is 3.12. The van der Waals surface area contributed by atoms with Gasteiger partial charge in [-0.05, 0) is 25.1 Å². The first-order valence-corrected chi connectivity index (χ1v) is 5.97. The fourth-order valence-electron chi connectivity index (χ4n) is 2.15. The Morgan fingerprint density at radius 2 is 2.24 bits per heavy atom. The molecule has 1 aromatic carbocycles. The first-order chi connectivity index (χ1) is 8.43. The van der Waals surface area contributed by atoms with Crippen molar-refractivity contribution in [1.29, 1.82) is 0 Å². The Labute approximate surface area is 100 Å². The second-order valence-corrected chi connectivity index (χ2v) is 4.37. The second-order valence-electron chi connectivity index (χ2n) is 4.37. The molecule has 1 unspecified atom stereocenters. The Morgan fingerprint density at radius 3 is 3.12 bits per heavy atom. The van der Waals surface area contributed by atoms with Gasteiger partial charge in [0.15, 0.2) is 0 Å². The molecule has 17 heavy (non-hydrogen) atoms. The molecule has 0 bridgehead atoms. The molecule has 0 aliphatic carbocycles. The minimum absolute atomic E-state index is 0.601. The zero-order chi connectivity index (χ0) is 11.5. The van der Waals surface area contributed by atoms with Gasteiger partial charge in [-0.25, -0.2) is 9.97 Å². The molecule has 0 spiro atoms.